The molecule has 5 heteroatoms. The fourth-order valence-electron chi connectivity index (χ4n) is 2.68. The Morgan fingerprint density at radius 3 is 2.50 bits per heavy atom. The van der Waals surface area contributed by atoms with Gasteiger partial charge in [0.15, 0.2) is 0 Å². The molecule has 0 atom stereocenters. The minimum atomic E-state index is -0.284. The Kier molecular flexibility index (Phi) is 4.28. The van der Waals surface area contributed by atoms with Crippen molar-refractivity contribution in [3.05, 3.63) is 24.0 Å². The molecular weight excluding hydrogens is 255 g/mol. The van der Waals surface area contributed by atoms with Crippen molar-refractivity contribution in [1.82, 2.24) is 14.5 Å². The third-order valence-electron chi connectivity index (χ3n) is 3.65. The van der Waals surface area contributed by atoms with Gasteiger partial charge in [0.25, 0.3) is 0 Å². The molecule has 20 heavy (non-hydrogen) atoms. The zero-order chi connectivity index (χ0) is 14.9. The van der Waals surface area contributed by atoms with E-state index in [9.17, 15) is 4.39 Å². The molecule has 0 bridgehead atoms. The first kappa shape index (κ1) is 14.8. The third-order valence-corrected chi connectivity index (χ3v) is 3.65. The second kappa shape index (κ2) is 5.79. The summed E-state index contributed by atoms with van der Waals surface area (Å²) in [6.07, 6.45) is 0. The van der Waals surface area contributed by atoms with Gasteiger partial charge in [-0.1, -0.05) is 0 Å². The molecule has 2 rings (SSSR count). The van der Waals surface area contributed by atoms with Crippen LogP contribution in [0.4, 0.5) is 10.3 Å². The van der Waals surface area contributed by atoms with Gasteiger partial charge in [-0.2, -0.15) is 0 Å². The van der Waals surface area contributed by atoms with E-state index in [2.05, 4.69) is 37.6 Å². The fraction of sp³-hybridized carbons (Fsp3) is 0.533. The van der Waals surface area contributed by atoms with E-state index < -0.39 is 0 Å². The number of hydrogen-bond acceptors (Lipinski definition) is 3. The molecule has 0 aliphatic heterocycles. The summed E-state index contributed by atoms with van der Waals surface area (Å²) >= 11 is 0. The molecule has 0 fully saturated rings. The highest BCUT2D eigenvalue weighted by atomic mass is 19.1. The zero-order valence-electron chi connectivity index (χ0n) is 12.6. The molecule has 0 radical (unpaired) electrons. The molecule has 1 heterocycles. The Labute approximate surface area is 119 Å². The molecule has 0 amide bonds. The van der Waals surface area contributed by atoms with Crippen LogP contribution in [0.15, 0.2) is 18.2 Å². The van der Waals surface area contributed by atoms with Gasteiger partial charge < -0.3 is 10.3 Å². The number of nitrogen functional groups attached to an aromatic ring is 1. The topological polar surface area (TPSA) is 47.1 Å². The van der Waals surface area contributed by atoms with Crippen molar-refractivity contribution < 1.29 is 4.39 Å². The number of anilines is 1. The third kappa shape index (κ3) is 2.93. The van der Waals surface area contributed by atoms with Gasteiger partial charge in [-0.25, -0.2) is 9.37 Å². The summed E-state index contributed by atoms with van der Waals surface area (Å²) in [5, 5.41) is 0. The fourth-order valence-corrected chi connectivity index (χ4v) is 2.68. The molecule has 4 nitrogen and oxygen atoms in total. The summed E-state index contributed by atoms with van der Waals surface area (Å²) in [5.41, 5.74) is 7.45. The molecule has 2 N–H and O–H groups in total. The van der Waals surface area contributed by atoms with E-state index in [1.54, 1.807) is 6.07 Å². The summed E-state index contributed by atoms with van der Waals surface area (Å²) in [6, 6.07) is 5.56. The van der Waals surface area contributed by atoms with Crippen molar-refractivity contribution in [2.75, 3.05) is 12.3 Å². The van der Waals surface area contributed by atoms with Crippen LogP contribution in [0.3, 0.4) is 0 Å². The van der Waals surface area contributed by atoms with Crippen LogP contribution in [-0.2, 0) is 6.54 Å². The molecule has 0 aliphatic rings. The number of aromatic nitrogens is 2. The molecule has 0 aliphatic carbocycles. The van der Waals surface area contributed by atoms with E-state index in [1.165, 1.54) is 12.1 Å². The number of nitrogens with zero attached hydrogens (tertiary/aromatic N) is 3. The minimum Gasteiger partial charge on any atom is -0.369 e. The number of benzene rings is 1. The number of imidazole rings is 1. The van der Waals surface area contributed by atoms with Gasteiger partial charge in [0.2, 0.25) is 5.95 Å². The maximum atomic E-state index is 13.2. The van der Waals surface area contributed by atoms with Crippen molar-refractivity contribution in [3.63, 3.8) is 0 Å². The highest BCUT2D eigenvalue weighted by Crippen LogP contribution is 2.19. The minimum absolute atomic E-state index is 0.284. The van der Waals surface area contributed by atoms with Crippen molar-refractivity contribution in [3.8, 4) is 0 Å². The van der Waals surface area contributed by atoms with E-state index >= 15 is 0 Å². The van der Waals surface area contributed by atoms with Gasteiger partial charge in [-0.3, -0.25) is 4.90 Å². The molecule has 110 valence electrons. The predicted molar refractivity (Wildman–Crippen MR) is 81.1 cm³/mol. The predicted octanol–water partition coefficient (Wildman–Crippen LogP) is 2.88. The Balaban J connectivity index is 2.23. The summed E-state index contributed by atoms with van der Waals surface area (Å²) in [4.78, 5) is 6.62. The normalized spacial score (nSPS) is 12.2. The Morgan fingerprint density at radius 1 is 1.25 bits per heavy atom. The summed E-state index contributed by atoms with van der Waals surface area (Å²) in [7, 11) is 0. The van der Waals surface area contributed by atoms with Crippen molar-refractivity contribution in [2.24, 2.45) is 0 Å². The maximum absolute atomic E-state index is 13.2. The zero-order valence-corrected chi connectivity index (χ0v) is 12.6. The SMILES string of the molecule is CC(C)N(CCn1c(N)nc2cc(F)ccc21)C(C)C. The quantitative estimate of drug-likeness (QED) is 0.915. The summed E-state index contributed by atoms with van der Waals surface area (Å²) in [6.45, 7) is 10.4. The van der Waals surface area contributed by atoms with Gasteiger partial charge in [-0.05, 0) is 39.8 Å². The first-order valence-corrected chi connectivity index (χ1v) is 7.07. The van der Waals surface area contributed by atoms with Crippen molar-refractivity contribution in [1.29, 1.82) is 0 Å². The highest BCUT2D eigenvalue weighted by molar-refractivity contribution is 5.78. The van der Waals surface area contributed by atoms with Crippen molar-refractivity contribution >= 4 is 17.0 Å². The monoisotopic (exact) mass is 278 g/mol. The first-order valence-electron chi connectivity index (χ1n) is 7.07. The molecule has 2 aromatic rings. The first-order chi connectivity index (χ1) is 9.40. The van der Waals surface area contributed by atoms with Crippen LogP contribution in [0.2, 0.25) is 0 Å². The van der Waals surface area contributed by atoms with Crippen LogP contribution in [0.25, 0.3) is 11.0 Å². The lowest BCUT2D eigenvalue weighted by Crippen LogP contribution is -2.39. The second-order valence-corrected chi connectivity index (χ2v) is 5.68. The van der Waals surface area contributed by atoms with Gasteiger partial charge in [0.05, 0.1) is 11.0 Å². The average molecular weight is 278 g/mol. The van der Waals surface area contributed by atoms with Crippen LogP contribution in [0.1, 0.15) is 27.7 Å². The lowest BCUT2D eigenvalue weighted by molar-refractivity contribution is 0.169. The van der Waals surface area contributed by atoms with Gasteiger partial charge in [0, 0.05) is 31.2 Å². The highest BCUT2D eigenvalue weighted by Gasteiger charge is 2.15. The average Bonchev–Trinajstić information content (AvgIpc) is 2.64. The molecule has 0 unspecified atom stereocenters. The summed E-state index contributed by atoms with van der Waals surface area (Å²) in [5.74, 6) is 0.159. The van der Waals surface area contributed by atoms with E-state index in [1.807, 2.05) is 4.57 Å². The Bertz CT molecular complexity index is 581. The number of hydrogen-bond donors (Lipinski definition) is 1. The number of fused-ring (bicyclic) bond motifs is 1. The van der Waals surface area contributed by atoms with E-state index in [4.69, 9.17) is 5.73 Å². The van der Waals surface area contributed by atoms with E-state index in [0.717, 1.165) is 18.6 Å². The van der Waals surface area contributed by atoms with Gasteiger partial charge >= 0.3 is 0 Å². The van der Waals surface area contributed by atoms with E-state index in [-0.39, 0.29) is 5.82 Å². The van der Waals surface area contributed by atoms with Crippen LogP contribution >= 0.6 is 0 Å². The van der Waals surface area contributed by atoms with Crippen LogP contribution in [-0.4, -0.2) is 33.1 Å². The molecule has 1 aromatic carbocycles. The largest absolute Gasteiger partial charge is 0.369 e. The Morgan fingerprint density at radius 2 is 1.90 bits per heavy atom. The standard InChI is InChI=1S/C15H23FN4/c1-10(2)19(11(3)4)7-8-20-14-6-5-12(16)9-13(14)18-15(20)17/h5-6,9-11H,7-8H2,1-4H3,(H2,17,18). The maximum Gasteiger partial charge on any atom is 0.201 e. The van der Waals surface area contributed by atoms with Crippen LogP contribution < -0.4 is 5.73 Å². The Hall–Kier alpha value is -1.62. The van der Waals surface area contributed by atoms with Gasteiger partial charge in [-0.15, -0.1) is 0 Å². The number of halogens is 1. The van der Waals surface area contributed by atoms with E-state index in [0.29, 0.717) is 23.5 Å². The van der Waals surface area contributed by atoms with Crippen LogP contribution in [0, 0.1) is 5.82 Å². The number of nitrogens with two attached hydrogens (primary N) is 1. The molecular formula is C15H23FN4. The van der Waals surface area contributed by atoms with Crippen molar-refractivity contribution in [2.45, 2.75) is 46.3 Å². The number of rotatable bonds is 5. The molecule has 0 saturated carbocycles. The lowest BCUT2D eigenvalue weighted by Gasteiger charge is -2.30. The lowest BCUT2D eigenvalue weighted by atomic mass is 10.2. The second-order valence-electron chi connectivity index (χ2n) is 5.68. The van der Waals surface area contributed by atoms with Crippen LogP contribution in [0.5, 0.6) is 0 Å². The molecule has 0 spiro atoms. The molecule has 0 saturated heterocycles. The molecule has 1 aromatic heterocycles. The summed E-state index contributed by atoms with van der Waals surface area (Å²) < 4.78 is 15.2. The smallest absolute Gasteiger partial charge is 0.201 e. The van der Waals surface area contributed by atoms with Gasteiger partial charge in [0.1, 0.15) is 5.82 Å².